The van der Waals surface area contributed by atoms with Crippen LogP contribution in [-0.4, -0.2) is 18.1 Å². The number of nitrogens with zero attached hydrogens (tertiary/aromatic N) is 2. The second-order valence-corrected chi connectivity index (χ2v) is 6.14. The average Bonchev–Trinajstić information content (AvgIpc) is 2.93. The molecule has 1 heterocycles. The van der Waals surface area contributed by atoms with Crippen molar-refractivity contribution >= 4 is 28.6 Å². The van der Waals surface area contributed by atoms with E-state index in [1.807, 2.05) is 17.6 Å². The van der Waals surface area contributed by atoms with Gasteiger partial charge in [-0.25, -0.2) is 4.98 Å². The molecular weight excluding hydrogens is 290 g/mol. The molecule has 0 amide bonds. The normalized spacial score (nSPS) is 12.4. The van der Waals surface area contributed by atoms with Crippen LogP contribution in [0.3, 0.4) is 0 Å². The van der Waals surface area contributed by atoms with Crippen LogP contribution in [0.1, 0.15) is 24.6 Å². The van der Waals surface area contributed by atoms with E-state index >= 15 is 0 Å². The van der Waals surface area contributed by atoms with Gasteiger partial charge >= 0.3 is 0 Å². The topological polar surface area (TPSA) is 42.1 Å². The van der Waals surface area contributed by atoms with Gasteiger partial charge in [0.2, 0.25) is 0 Å². The van der Waals surface area contributed by atoms with Crippen LogP contribution < -0.4 is 10.6 Å². The van der Waals surface area contributed by atoms with Gasteiger partial charge in [0.25, 0.3) is 0 Å². The smallest absolute Gasteiger partial charge is 0.0795 e. The molecule has 0 aliphatic heterocycles. The third-order valence-electron chi connectivity index (χ3n) is 3.35. The Morgan fingerprint density at radius 2 is 2.25 bits per heavy atom. The highest BCUT2D eigenvalue weighted by Crippen LogP contribution is 2.26. The lowest BCUT2D eigenvalue weighted by Gasteiger charge is -2.23. The van der Waals surface area contributed by atoms with E-state index in [4.69, 9.17) is 17.3 Å². The highest BCUT2D eigenvalue weighted by Gasteiger charge is 2.12. The van der Waals surface area contributed by atoms with Crippen LogP contribution >= 0.6 is 22.9 Å². The molecule has 1 unspecified atom stereocenters. The maximum Gasteiger partial charge on any atom is 0.0795 e. The Morgan fingerprint density at radius 1 is 1.45 bits per heavy atom. The Kier molecular flexibility index (Phi) is 5.40. The lowest BCUT2D eigenvalue weighted by molar-refractivity contribution is 0.645. The van der Waals surface area contributed by atoms with E-state index in [9.17, 15) is 0 Å². The summed E-state index contributed by atoms with van der Waals surface area (Å²) in [4.78, 5) is 6.51. The third kappa shape index (κ3) is 3.95. The zero-order valence-corrected chi connectivity index (χ0v) is 13.4. The van der Waals surface area contributed by atoms with E-state index in [1.165, 1.54) is 5.56 Å². The summed E-state index contributed by atoms with van der Waals surface area (Å²) >= 11 is 7.76. The lowest BCUT2D eigenvalue weighted by atomic mass is 10.0. The molecule has 2 rings (SSSR count). The van der Waals surface area contributed by atoms with E-state index in [2.05, 4.69) is 35.3 Å². The SMILES string of the molecule is CCC(N)Cc1ccc(Cl)cc1N(C)Cc1cscn1. The van der Waals surface area contributed by atoms with Crippen molar-refractivity contribution in [3.63, 3.8) is 0 Å². The highest BCUT2D eigenvalue weighted by molar-refractivity contribution is 7.07. The fourth-order valence-corrected chi connectivity index (χ4v) is 2.85. The molecule has 1 atom stereocenters. The zero-order chi connectivity index (χ0) is 14.5. The molecule has 0 saturated carbocycles. The molecule has 0 fully saturated rings. The van der Waals surface area contributed by atoms with E-state index in [0.717, 1.165) is 35.8 Å². The van der Waals surface area contributed by atoms with E-state index in [-0.39, 0.29) is 6.04 Å². The Bertz CT molecular complexity index is 542. The molecule has 20 heavy (non-hydrogen) atoms. The first-order chi connectivity index (χ1) is 9.60. The second kappa shape index (κ2) is 7.07. The summed E-state index contributed by atoms with van der Waals surface area (Å²) in [5.41, 5.74) is 11.4. The van der Waals surface area contributed by atoms with Crippen LogP contribution in [0.4, 0.5) is 5.69 Å². The predicted octanol–water partition coefficient (Wildman–Crippen LogP) is 3.71. The summed E-state index contributed by atoms with van der Waals surface area (Å²) in [5, 5.41) is 2.82. The number of halogens is 1. The fraction of sp³-hybridized carbons (Fsp3) is 0.400. The third-order valence-corrected chi connectivity index (χ3v) is 4.22. The van der Waals surface area contributed by atoms with E-state index < -0.39 is 0 Å². The molecule has 2 N–H and O–H groups in total. The quantitative estimate of drug-likeness (QED) is 0.884. The minimum Gasteiger partial charge on any atom is -0.368 e. The number of hydrogen-bond donors (Lipinski definition) is 1. The molecule has 0 bridgehead atoms. The molecule has 1 aromatic heterocycles. The van der Waals surface area contributed by atoms with Crippen molar-refractivity contribution in [3.05, 3.63) is 45.4 Å². The first-order valence-electron chi connectivity index (χ1n) is 6.72. The molecular formula is C15H20ClN3S. The summed E-state index contributed by atoms with van der Waals surface area (Å²) in [7, 11) is 2.06. The van der Waals surface area contributed by atoms with Crippen molar-refractivity contribution in [1.82, 2.24) is 4.98 Å². The fourth-order valence-electron chi connectivity index (χ4n) is 2.14. The van der Waals surface area contributed by atoms with Crippen molar-refractivity contribution in [2.24, 2.45) is 5.73 Å². The molecule has 0 radical (unpaired) electrons. The van der Waals surface area contributed by atoms with Gasteiger partial charge in [-0.15, -0.1) is 11.3 Å². The maximum absolute atomic E-state index is 6.14. The van der Waals surface area contributed by atoms with Gasteiger partial charge in [0.05, 0.1) is 17.7 Å². The lowest BCUT2D eigenvalue weighted by Crippen LogP contribution is -2.24. The van der Waals surface area contributed by atoms with Crippen molar-refractivity contribution in [3.8, 4) is 0 Å². The summed E-state index contributed by atoms with van der Waals surface area (Å²) < 4.78 is 0. The molecule has 3 nitrogen and oxygen atoms in total. The first-order valence-corrected chi connectivity index (χ1v) is 8.04. The molecule has 108 valence electrons. The Balaban J connectivity index is 2.21. The van der Waals surface area contributed by atoms with Gasteiger partial charge in [-0.2, -0.15) is 0 Å². The monoisotopic (exact) mass is 309 g/mol. The number of benzene rings is 1. The van der Waals surface area contributed by atoms with Gasteiger partial charge < -0.3 is 10.6 Å². The number of nitrogens with two attached hydrogens (primary N) is 1. The summed E-state index contributed by atoms with van der Waals surface area (Å²) in [6.07, 6.45) is 1.84. The van der Waals surface area contributed by atoms with Gasteiger partial charge in [-0.1, -0.05) is 24.6 Å². The zero-order valence-electron chi connectivity index (χ0n) is 11.8. The van der Waals surface area contributed by atoms with Crippen LogP contribution in [0.15, 0.2) is 29.1 Å². The van der Waals surface area contributed by atoms with E-state index in [1.54, 1.807) is 11.3 Å². The predicted molar refractivity (Wildman–Crippen MR) is 87.6 cm³/mol. The summed E-state index contributed by atoms with van der Waals surface area (Å²) in [6, 6.07) is 6.19. The Morgan fingerprint density at radius 3 is 2.90 bits per heavy atom. The van der Waals surface area contributed by atoms with E-state index in [0.29, 0.717) is 0 Å². The minimum absolute atomic E-state index is 0.183. The van der Waals surface area contributed by atoms with Crippen molar-refractivity contribution < 1.29 is 0 Å². The van der Waals surface area contributed by atoms with Gasteiger partial charge in [-0.3, -0.25) is 0 Å². The minimum atomic E-state index is 0.183. The largest absolute Gasteiger partial charge is 0.368 e. The number of aromatic nitrogens is 1. The summed E-state index contributed by atoms with van der Waals surface area (Å²) in [6.45, 7) is 2.89. The van der Waals surface area contributed by atoms with Gasteiger partial charge in [0, 0.05) is 29.2 Å². The molecule has 1 aromatic carbocycles. The average molecular weight is 310 g/mol. The second-order valence-electron chi connectivity index (χ2n) is 4.98. The molecule has 0 saturated heterocycles. The Labute approximate surface area is 129 Å². The van der Waals surface area contributed by atoms with Crippen LogP contribution in [0.2, 0.25) is 5.02 Å². The van der Waals surface area contributed by atoms with Crippen LogP contribution in [0.5, 0.6) is 0 Å². The molecule has 2 aromatic rings. The van der Waals surface area contributed by atoms with Gasteiger partial charge in [0.15, 0.2) is 0 Å². The van der Waals surface area contributed by atoms with Crippen molar-refractivity contribution in [1.29, 1.82) is 0 Å². The Hall–Kier alpha value is -1.10. The molecule has 0 aliphatic rings. The standard InChI is InChI=1S/C15H20ClN3S/c1-3-13(17)6-11-4-5-12(16)7-15(11)19(2)8-14-9-20-10-18-14/h4-5,7,9-10,13H,3,6,8,17H2,1-2H3. The summed E-state index contributed by atoms with van der Waals surface area (Å²) in [5.74, 6) is 0. The maximum atomic E-state index is 6.14. The number of anilines is 1. The van der Waals surface area contributed by atoms with Gasteiger partial charge in [-0.05, 0) is 30.5 Å². The van der Waals surface area contributed by atoms with Crippen molar-refractivity contribution in [2.45, 2.75) is 32.4 Å². The first kappa shape index (κ1) is 15.3. The molecule has 0 aliphatic carbocycles. The highest BCUT2D eigenvalue weighted by atomic mass is 35.5. The molecule has 5 heteroatoms. The van der Waals surface area contributed by atoms with Gasteiger partial charge in [0.1, 0.15) is 0 Å². The molecule has 0 spiro atoms. The van der Waals surface area contributed by atoms with Crippen molar-refractivity contribution in [2.75, 3.05) is 11.9 Å². The number of hydrogen-bond acceptors (Lipinski definition) is 4. The van der Waals surface area contributed by atoms with Crippen LogP contribution in [0.25, 0.3) is 0 Å². The van der Waals surface area contributed by atoms with Crippen LogP contribution in [-0.2, 0) is 13.0 Å². The van der Waals surface area contributed by atoms with Crippen LogP contribution in [0, 0.1) is 0 Å². The number of thiazole rings is 1. The number of rotatable bonds is 6.